The summed E-state index contributed by atoms with van der Waals surface area (Å²) >= 11 is 0. The zero-order chi connectivity index (χ0) is 17.8. The Morgan fingerprint density at radius 1 is 1.28 bits per heavy atom. The molecule has 25 heavy (non-hydrogen) atoms. The van der Waals surface area contributed by atoms with Crippen LogP contribution in [0.2, 0.25) is 0 Å². The molecule has 0 saturated carbocycles. The minimum absolute atomic E-state index is 0.243. The Morgan fingerprint density at radius 2 is 2.04 bits per heavy atom. The number of nitrogens with zero attached hydrogens (tertiary/aromatic N) is 2. The Bertz CT molecular complexity index is 696. The van der Waals surface area contributed by atoms with Crippen LogP contribution in [0.15, 0.2) is 24.3 Å². The van der Waals surface area contributed by atoms with E-state index in [4.69, 9.17) is 9.84 Å². The van der Waals surface area contributed by atoms with Gasteiger partial charge in [-0.25, -0.2) is 0 Å². The lowest BCUT2D eigenvalue weighted by Crippen LogP contribution is -2.30. The molecule has 1 saturated heterocycles. The summed E-state index contributed by atoms with van der Waals surface area (Å²) in [5.41, 5.74) is 4.69. The second kappa shape index (κ2) is 7.99. The Hall–Kier alpha value is -1.89. The number of β-amino-alcohol motifs (C(OH)–C–C–N with tert-alkyl or cyclic N) is 1. The van der Waals surface area contributed by atoms with Gasteiger partial charge < -0.3 is 20.5 Å². The zero-order valence-corrected chi connectivity index (χ0v) is 15.2. The number of methoxy groups -OCH3 is 1. The van der Waals surface area contributed by atoms with Crippen molar-refractivity contribution in [2.24, 2.45) is 5.92 Å². The number of aromatic nitrogens is 2. The van der Waals surface area contributed by atoms with E-state index in [0.717, 1.165) is 37.6 Å². The predicted octanol–water partition coefficient (Wildman–Crippen LogP) is 1.23. The first kappa shape index (κ1) is 17.9. The van der Waals surface area contributed by atoms with Crippen LogP contribution in [-0.2, 0) is 13.1 Å². The van der Waals surface area contributed by atoms with Crippen molar-refractivity contribution in [2.45, 2.75) is 33.0 Å². The molecule has 0 bridgehead atoms. The normalized spacial score (nSPS) is 20.2. The van der Waals surface area contributed by atoms with Crippen LogP contribution in [0.3, 0.4) is 0 Å². The van der Waals surface area contributed by atoms with Gasteiger partial charge in [-0.05, 0) is 31.5 Å². The molecular formula is C19H28N4O2. The highest BCUT2D eigenvalue weighted by atomic mass is 16.5. The highest BCUT2D eigenvalue weighted by Crippen LogP contribution is 2.17. The van der Waals surface area contributed by atoms with Crippen LogP contribution in [0.5, 0.6) is 5.75 Å². The Morgan fingerprint density at radius 3 is 2.68 bits per heavy atom. The molecule has 2 aromatic rings. The molecule has 1 fully saturated rings. The summed E-state index contributed by atoms with van der Waals surface area (Å²) in [4.78, 5) is 0. The lowest BCUT2D eigenvalue weighted by atomic mass is 10.1. The van der Waals surface area contributed by atoms with Gasteiger partial charge in [0.1, 0.15) is 5.75 Å². The third-order valence-corrected chi connectivity index (χ3v) is 5.04. The molecule has 6 heteroatoms. The van der Waals surface area contributed by atoms with Crippen LogP contribution in [0.1, 0.15) is 22.5 Å². The van der Waals surface area contributed by atoms with Gasteiger partial charge in [0.05, 0.1) is 25.5 Å². The average molecular weight is 344 g/mol. The standard InChI is InChI=1S/C19H28N4O2/c1-13-18(10-20-8-16-9-21-11-19(16)24)14(2)23(22-13)12-15-4-6-17(25-3)7-5-15/h4-7,16,19-21,24H,8-12H2,1-3H3. The summed E-state index contributed by atoms with van der Waals surface area (Å²) in [5.74, 6) is 1.15. The third kappa shape index (κ3) is 4.21. The third-order valence-electron chi connectivity index (χ3n) is 5.04. The maximum Gasteiger partial charge on any atom is 0.118 e. The number of aliphatic hydroxyl groups excluding tert-OH is 1. The van der Waals surface area contributed by atoms with Crippen molar-refractivity contribution in [1.82, 2.24) is 20.4 Å². The first-order valence-electron chi connectivity index (χ1n) is 8.83. The lowest BCUT2D eigenvalue weighted by Gasteiger charge is -2.14. The number of hydrogen-bond donors (Lipinski definition) is 3. The van der Waals surface area contributed by atoms with Gasteiger partial charge in [0.15, 0.2) is 0 Å². The van der Waals surface area contributed by atoms with Crippen molar-refractivity contribution in [1.29, 1.82) is 0 Å². The zero-order valence-electron chi connectivity index (χ0n) is 15.2. The van der Waals surface area contributed by atoms with E-state index >= 15 is 0 Å². The van der Waals surface area contributed by atoms with Crippen molar-refractivity contribution < 1.29 is 9.84 Å². The molecule has 0 aliphatic carbocycles. The molecule has 6 nitrogen and oxygen atoms in total. The topological polar surface area (TPSA) is 71.3 Å². The Labute approximate surface area is 149 Å². The van der Waals surface area contributed by atoms with Crippen LogP contribution in [0, 0.1) is 19.8 Å². The summed E-state index contributed by atoms with van der Waals surface area (Å²) in [7, 11) is 1.68. The van der Waals surface area contributed by atoms with E-state index in [-0.39, 0.29) is 12.0 Å². The Balaban J connectivity index is 1.61. The molecule has 3 N–H and O–H groups in total. The van der Waals surface area contributed by atoms with Crippen LogP contribution >= 0.6 is 0 Å². The molecule has 0 amide bonds. The van der Waals surface area contributed by atoms with Gasteiger partial charge in [0.25, 0.3) is 0 Å². The first-order valence-corrected chi connectivity index (χ1v) is 8.83. The molecule has 1 aromatic carbocycles. The van der Waals surface area contributed by atoms with Gasteiger partial charge in [-0.3, -0.25) is 4.68 Å². The number of aliphatic hydroxyl groups is 1. The van der Waals surface area contributed by atoms with E-state index in [2.05, 4.69) is 41.3 Å². The van der Waals surface area contributed by atoms with Crippen molar-refractivity contribution in [3.8, 4) is 5.75 Å². The molecule has 1 aromatic heterocycles. The number of benzene rings is 1. The predicted molar refractivity (Wildman–Crippen MR) is 97.9 cm³/mol. The van der Waals surface area contributed by atoms with E-state index < -0.39 is 0 Å². The molecule has 136 valence electrons. The van der Waals surface area contributed by atoms with Gasteiger partial charge in [0, 0.05) is 43.4 Å². The van der Waals surface area contributed by atoms with E-state index in [9.17, 15) is 5.11 Å². The molecule has 0 radical (unpaired) electrons. The quantitative estimate of drug-likeness (QED) is 0.705. The monoisotopic (exact) mass is 344 g/mol. The number of aryl methyl sites for hydroxylation is 1. The smallest absolute Gasteiger partial charge is 0.118 e. The summed E-state index contributed by atoms with van der Waals surface area (Å²) in [6.07, 6.45) is -0.243. The van der Waals surface area contributed by atoms with Crippen molar-refractivity contribution in [3.63, 3.8) is 0 Å². The summed E-state index contributed by atoms with van der Waals surface area (Å²) < 4.78 is 7.26. The van der Waals surface area contributed by atoms with E-state index in [0.29, 0.717) is 6.54 Å². The molecule has 0 spiro atoms. The maximum absolute atomic E-state index is 9.87. The van der Waals surface area contributed by atoms with Crippen molar-refractivity contribution >= 4 is 0 Å². The van der Waals surface area contributed by atoms with Crippen LogP contribution in [0.4, 0.5) is 0 Å². The largest absolute Gasteiger partial charge is 0.497 e. The second-order valence-corrected chi connectivity index (χ2v) is 6.77. The molecular weight excluding hydrogens is 316 g/mol. The van der Waals surface area contributed by atoms with Gasteiger partial charge in [-0.2, -0.15) is 5.10 Å². The fourth-order valence-electron chi connectivity index (χ4n) is 3.36. The fraction of sp³-hybridized carbons (Fsp3) is 0.526. The SMILES string of the molecule is COc1ccc(Cn2nc(C)c(CNCC3CNCC3O)c2C)cc1. The number of ether oxygens (including phenoxy) is 1. The van der Waals surface area contributed by atoms with Gasteiger partial charge in [-0.1, -0.05) is 12.1 Å². The van der Waals surface area contributed by atoms with Crippen molar-refractivity contribution in [2.75, 3.05) is 26.7 Å². The fourth-order valence-corrected chi connectivity index (χ4v) is 3.36. The van der Waals surface area contributed by atoms with Gasteiger partial charge in [-0.15, -0.1) is 0 Å². The van der Waals surface area contributed by atoms with Gasteiger partial charge in [0.2, 0.25) is 0 Å². The van der Waals surface area contributed by atoms with Crippen molar-refractivity contribution in [3.05, 3.63) is 46.8 Å². The molecule has 2 unspecified atom stereocenters. The molecule has 1 aliphatic rings. The van der Waals surface area contributed by atoms with Crippen LogP contribution in [-0.4, -0.2) is 47.7 Å². The minimum Gasteiger partial charge on any atom is -0.497 e. The highest BCUT2D eigenvalue weighted by molar-refractivity contribution is 5.29. The summed E-state index contributed by atoms with van der Waals surface area (Å²) in [6, 6.07) is 8.10. The molecule has 2 heterocycles. The number of rotatable bonds is 7. The second-order valence-electron chi connectivity index (χ2n) is 6.77. The minimum atomic E-state index is -0.243. The van der Waals surface area contributed by atoms with Crippen LogP contribution < -0.4 is 15.4 Å². The maximum atomic E-state index is 9.87. The molecule has 2 atom stereocenters. The van der Waals surface area contributed by atoms with E-state index in [1.54, 1.807) is 7.11 Å². The number of hydrogen-bond acceptors (Lipinski definition) is 5. The lowest BCUT2D eigenvalue weighted by molar-refractivity contribution is 0.146. The Kier molecular flexibility index (Phi) is 5.73. The highest BCUT2D eigenvalue weighted by Gasteiger charge is 2.24. The number of nitrogens with one attached hydrogen (secondary N) is 2. The molecule has 1 aliphatic heterocycles. The van der Waals surface area contributed by atoms with E-state index in [1.807, 2.05) is 12.1 Å². The van der Waals surface area contributed by atoms with E-state index in [1.165, 1.54) is 16.8 Å². The average Bonchev–Trinajstić information content (AvgIpc) is 3.13. The van der Waals surface area contributed by atoms with Gasteiger partial charge >= 0.3 is 0 Å². The molecule has 3 rings (SSSR count). The van der Waals surface area contributed by atoms with Crippen LogP contribution in [0.25, 0.3) is 0 Å². The summed E-state index contributed by atoms with van der Waals surface area (Å²) in [5, 5.41) is 21.3. The first-order chi connectivity index (χ1) is 12.1. The summed E-state index contributed by atoms with van der Waals surface area (Å²) in [6.45, 7) is 8.10.